The summed E-state index contributed by atoms with van der Waals surface area (Å²) in [5, 5.41) is 12.3. The SMILES string of the molecule is CN.O=CC1(Sc2ccc(Oc3ccc(C(=O)O)c(F)c3)cc2)CCC2(CCNCC2)C1. The maximum absolute atomic E-state index is 13.8. The molecule has 4 N–H and O–H groups in total. The average Bonchev–Trinajstić information content (AvgIpc) is 3.14. The van der Waals surface area contributed by atoms with Crippen LogP contribution in [0, 0.1) is 11.2 Å². The van der Waals surface area contributed by atoms with E-state index in [1.165, 1.54) is 19.2 Å². The van der Waals surface area contributed by atoms with Gasteiger partial charge in [0.25, 0.3) is 0 Å². The molecule has 1 unspecified atom stereocenters. The molecule has 8 heteroatoms. The summed E-state index contributed by atoms with van der Waals surface area (Å²) in [6, 6.07) is 11.0. The number of nitrogens with one attached hydrogen (secondary N) is 1. The molecule has 1 spiro atoms. The van der Waals surface area contributed by atoms with Crippen molar-refractivity contribution >= 4 is 24.0 Å². The number of ether oxygens (including phenoxy) is 1. The summed E-state index contributed by atoms with van der Waals surface area (Å²) in [5.74, 6) is -1.41. The minimum absolute atomic E-state index is 0.228. The molecule has 1 aliphatic heterocycles. The molecule has 2 aromatic carbocycles. The van der Waals surface area contributed by atoms with E-state index in [0.29, 0.717) is 5.75 Å². The molecule has 2 aromatic rings. The number of benzene rings is 2. The predicted molar refractivity (Wildman–Crippen MR) is 123 cm³/mol. The number of aromatic carboxylic acids is 1. The zero-order chi connectivity index (χ0) is 23.2. The van der Waals surface area contributed by atoms with Crippen LogP contribution in [0.15, 0.2) is 47.4 Å². The van der Waals surface area contributed by atoms with Gasteiger partial charge in [-0.3, -0.25) is 0 Å². The summed E-state index contributed by atoms with van der Waals surface area (Å²) >= 11 is 1.62. The summed E-state index contributed by atoms with van der Waals surface area (Å²) < 4.78 is 19.1. The number of carboxylic acid groups (broad SMARTS) is 1. The Morgan fingerprint density at radius 1 is 1.09 bits per heavy atom. The van der Waals surface area contributed by atoms with Gasteiger partial charge in [0, 0.05) is 11.0 Å². The number of aldehydes is 1. The van der Waals surface area contributed by atoms with E-state index in [-0.39, 0.29) is 15.9 Å². The molecule has 172 valence electrons. The number of hydrogen-bond acceptors (Lipinski definition) is 6. The summed E-state index contributed by atoms with van der Waals surface area (Å²) in [6.07, 6.45) is 6.31. The summed E-state index contributed by atoms with van der Waals surface area (Å²) in [7, 11) is 1.50. The van der Waals surface area contributed by atoms with Crippen LogP contribution in [0.3, 0.4) is 0 Å². The van der Waals surface area contributed by atoms with Gasteiger partial charge in [-0.25, -0.2) is 9.18 Å². The lowest BCUT2D eigenvalue weighted by atomic mass is 9.77. The smallest absolute Gasteiger partial charge is 0.338 e. The molecule has 0 bridgehead atoms. The molecule has 0 amide bonds. The zero-order valence-electron chi connectivity index (χ0n) is 18.1. The molecular formula is C24H29FN2O4S. The van der Waals surface area contributed by atoms with E-state index in [2.05, 4.69) is 11.1 Å². The molecule has 1 atom stereocenters. The number of thioether (sulfide) groups is 1. The van der Waals surface area contributed by atoms with Crippen LogP contribution in [0.2, 0.25) is 0 Å². The van der Waals surface area contributed by atoms with Gasteiger partial charge in [0.2, 0.25) is 0 Å². The highest BCUT2D eigenvalue weighted by Crippen LogP contribution is 2.55. The van der Waals surface area contributed by atoms with Crippen LogP contribution in [-0.4, -0.2) is 42.2 Å². The van der Waals surface area contributed by atoms with E-state index >= 15 is 0 Å². The highest BCUT2D eigenvalue weighted by molar-refractivity contribution is 8.01. The number of hydrogen-bond donors (Lipinski definition) is 3. The molecule has 1 aliphatic carbocycles. The van der Waals surface area contributed by atoms with Gasteiger partial charge in [-0.2, -0.15) is 0 Å². The van der Waals surface area contributed by atoms with E-state index in [0.717, 1.165) is 62.4 Å². The Kier molecular flexibility index (Phi) is 7.92. The number of piperidine rings is 1. The molecule has 4 rings (SSSR count). The lowest BCUT2D eigenvalue weighted by Crippen LogP contribution is -2.36. The molecule has 0 radical (unpaired) electrons. The molecule has 32 heavy (non-hydrogen) atoms. The van der Waals surface area contributed by atoms with E-state index in [1.807, 2.05) is 12.1 Å². The first-order valence-electron chi connectivity index (χ1n) is 10.7. The first kappa shape index (κ1) is 24.2. The molecule has 2 fully saturated rings. The molecular weight excluding hydrogens is 431 g/mol. The van der Waals surface area contributed by atoms with Gasteiger partial charge in [-0.05, 0) is 94.1 Å². The number of rotatable bonds is 6. The first-order valence-corrected chi connectivity index (χ1v) is 11.5. The van der Waals surface area contributed by atoms with Gasteiger partial charge >= 0.3 is 5.97 Å². The van der Waals surface area contributed by atoms with Crippen molar-refractivity contribution < 1.29 is 23.8 Å². The van der Waals surface area contributed by atoms with E-state index in [9.17, 15) is 14.0 Å². The second kappa shape index (κ2) is 10.5. The fraction of sp³-hybridized carbons (Fsp3) is 0.417. The third-order valence-corrected chi connectivity index (χ3v) is 7.54. The van der Waals surface area contributed by atoms with E-state index < -0.39 is 17.3 Å². The monoisotopic (exact) mass is 460 g/mol. The van der Waals surface area contributed by atoms with Crippen LogP contribution < -0.4 is 15.8 Å². The van der Waals surface area contributed by atoms with Crippen molar-refractivity contribution in [2.75, 3.05) is 20.1 Å². The lowest BCUT2D eigenvalue weighted by Gasteiger charge is -2.35. The fourth-order valence-electron chi connectivity index (χ4n) is 4.56. The van der Waals surface area contributed by atoms with Crippen molar-refractivity contribution in [3.8, 4) is 11.5 Å². The Labute approximate surface area is 191 Å². The summed E-state index contributed by atoms with van der Waals surface area (Å²) in [5.41, 5.74) is 4.39. The third-order valence-electron chi connectivity index (χ3n) is 6.18. The van der Waals surface area contributed by atoms with Crippen molar-refractivity contribution in [2.24, 2.45) is 11.1 Å². The molecule has 0 aromatic heterocycles. The number of carboxylic acids is 1. The Bertz CT molecular complexity index is 948. The van der Waals surface area contributed by atoms with Crippen LogP contribution >= 0.6 is 11.8 Å². The summed E-state index contributed by atoms with van der Waals surface area (Å²) in [4.78, 5) is 23.9. The third kappa shape index (κ3) is 5.49. The lowest BCUT2D eigenvalue weighted by molar-refractivity contribution is -0.109. The Hall–Kier alpha value is -2.42. The first-order chi connectivity index (χ1) is 15.4. The van der Waals surface area contributed by atoms with Gasteiger partial charge in [0.1, 0.15) is 23.6 Å². The molecule has 1 heterocycles. The quantitative estimate of drug-likeness (QED) is 0.547. The standard InChI is InChI=1S/C23H24FNO4S.CH5N/c24-20-13-17(3-6-19(20)21(27)28)29-16-1-4-18(5-2-16)30-23(15-26)8-7-22(14-23)9-11-25-12-10-22;1-2/h1-6,13,15,25H,7-12,14H2,(H,27,28);2H2,1H3. The minimum atomic E-state index is -1.32. The Morgan fingerprint density at radius 3 is 2.34 bits per heavy atom. The van der Waals surface area contributed by atoms with Crippen LogP contribution in [0.5, 0.6) is 11.5 Å². The van der Waals surface area contributed by atoms with Crippen molar-refractivity contribution in [3.63, 3.8) is 0 Å². The topological polar surface area (TPSA) is 102 Å². The molecule has 2 aliphatic rings. The fourth-order valence-corrected chi connectivity index (χ4v) is 5.94. The average molecular weight is 461 g/mol. The minimum Gasteiger partial charge on any atom is -0.478 e. The van der Waals surface area contributed by atoms with Crippen molar-refractivity contribution in [1.82, 2.24) is 5.32 Å². The highest BCUT2D eigenvalue weighted by Gasteiger charge is 2.49. The number of halogens is 1. The zero-order valence-corrected chi connectivity index (χ0v) is 18.9. The van der Waals surface area contributed by atoms with Crippen molar-refractivity contribution in [1.29, 1.82) is 0 Å². The van der Waals surface area contributed by atoms with Crippen LogP contribution in [0.4, 0.5) is 4.39 Å². The van der Waals surface area contributed by atoms with Gasteiger partial charge < -0.3 is 25.7 Å². The normalized spacial score (nSPS) is 21.5. The maximum atomic E-state index is 13.8. The van der Waals surface area contributed by atoms with E-state index in [1.54, 1.807) is 23.9 Å². The van der Waals surface area contributed by atoms with Crippen LogP contribution in [0.1, 0.15) is 42.5 Å². The van der Waals surface area contributed by atoms with Crippen LogP contribution in [0.25, 0.3) is 0 Å². The van der Waals surface area contributed by atoms with Gasteiger partial charge in [0.15, 0.2) is 0 Å². The van der Waals surface area contributed by atoms with Gasteiger partial charge in [-0.15, -0.1) is 11.8 Å². The molecule has 1 saturated heterocycles. The summed E-state index contributed by atoms with van der Waals surface area (Å²) in [6.45, 7) is 2.05. The molecule has 6 nitrogen and oxygen atoms in total. The van der Waals surface area contributed by atoms with Gasteiger partial charge in [0.05, 0.1) is 10.3 Å². The second-order valence-corrected chi connectivity index (χ2v) is 9.72. The van der Waals surface area contributed by atoms with E-state index in [4.69, 9.17) is 9.84 Å². The number of carbonyl (C=O) groups is 2. The predicted octanol–water partition coefficient (Wildman–Crippen LogP) is 4.47. The Balaban J connectivity index is 0.00000141. The number of carbonyl (C=O) groups excluding carboxylic acids is 1. The van der Waals surface area contributed by atoms with Crippen molar-refractivity contribution in [2.45, 2.75) is 41.7 Å². The highest BCUT2D eigenvalue weighted by atomic mass is 32.2. The van der Waals surface area contributed by atoms with Gasteiger partial charge in [-0.1, -0.05) is 0 Å². The van der Waals surface area contributed by atoms with Crippen molar-refractivity contribution in [3.05, 3.63) is 53.8 Å². The van der Waals surface area contributed by atoms with Crippen LogP contribution in [-0.2, 0) is 4.79 Å². The Morgan fingerprint density at radius 2 is 1.75 bits per heavy atom. The number of nitrogens with two attached hydrogens (primary N) is 1. The molecule has 1 saturated carbocycles. The second-order valence-electron chi connectivity index (χ2n) is 8.23. The largest absolute Gasteiger partial charge is 0.478 e. The maximum Gasteiger partial charge on any atom is 0.338 e.